The van der Waals surface area contributed by atoms with Crippen molar-refractivity contribution >= 4 is 17.6 Å². The van der Waals surface area contributed by atoms with Crippen LogP contribution >= 0.6 is 0 Å². The quantitative estimate of drug-likeness (QED) is 0.725. The summed E-state index contributed by atoms with van der Waals surface area (Å²) in [6, 6.07) is 9.20. The summed E-state index contributed by atoms with van der Waals surface area (Å²) in [5.74, 6) is -0.109. The minimum Gasteiger partial charge on any atom is -0.466 e. The number of aromatic nitrogens is 2. The van der Waals surface area contributed by atoms with Crippen LogP contribution in [-0.4, -0.2) is 26.2 Å². The molecule has 1 aliphatic rings. The Morgan fingerprint density at radius 3 is 2.80 bits per heavy atom. The van der Waals surface area contributed by atoms with Gasteiger partial charge in [-0.25, -0.2) is 9.78 Å². The molecule has 1 N–H and O–H groups in total. The van der Waals surface area contributed by atoms with E-state index in [1.54, 1.807) is 43.5 Å². The summed E-state index contributed by atoms with van der Waals surface area (Å²) in [5.41, 5.74) is -0.761. The molecular formula is C17H14N4O4. The van der Waals surface area contributed by atoms with Crippen LogP contribution in [0.2, 0.25) is 0 Å². The maximum atomic E-state index is 12.8. The van der Waals surface area contributed by atoms with Gasteiger partial charge in [0.05, 0.1) is 18.5 Å². The highest BCUT2D eigenvalue weighted by Crippen LogP contribution is 2.29. The van der Waals surface area contributed by atoms with Crippen molar-refractivity contribution in [2.75, 3.05) is 0 Å². The van der Waals surface area contributed by atoms with E-state index in [-0.39, 0.29) is 12.1 Å². The van der Waals surface area contributed by atoms with E-state index in [9.17, 15) is 14.4 Å². The molecule has 1 aliphatic heterocycles. The van der Waals surface area contributed by atoms with Gasteiger partial charge in [-0.2, -0.15) is 0 Å². The molecule has 4 rings (SSSR count). The van der Waals surface area contributed by atoms with E-state index in [2.05, 4.69) is 10.3 Å². The Bertz CT molecular complexity index is 1040. The zero-order chi connectivity index (χ0) is 17.6. The highest BCUT2D eigenvalue weighted by molar-refractivity contribution is 6.06. The topological polar surface area (TPSA) is 96.9 Å². The lowest BCUT2D eigenvalue weighted by molar-refractivity contribution is -0.132. The first kappa shape index (κ1) is 15.1. The molecule has 0 unspecified atom stereocenters. The van der Waals surface area contributed by atoms with Crippen LogP contribution in [0.25, 0.3) is 5.65 Å². The molecule has 8 heteroatoms. The lowest BCUT2D eigenvalue weighted by Crippen LogP contribution is -2.40. The summed E-state index contributed by atoms with van der Waals surface area (Å²) in [6.07, 6.45) is 3.05. The van der Waals surface area contributed by atoms with Crippen LogP contribution in [0.3, 0.4) is 0 Å². The van der Waals surface area contributed by atoms with Gasteiger partial charge in [0, 0.05) is 12.3 Å². The summed E-state index contributed by atoms with van der Waals surface area (Å²) in [5, 5.41) is 2.64. The molecule has 1 saturated heterocycles. The van der Waals surface area contributed by atoms with Gasteiger partial charge in [0.25, 0.3) is 11.5 Å². The first-order valence-electron chi connectivity index (χ1n) is 7.64. The number of urea groups is 1. The third-order valence-corrected chi connectivity index (χ3v) is 4.23. The third-order valence-electron chi connectivity index (χ3n) is 4.23. The number of amides is 3. The summed E-state index contributed by atoms with van der Waals surface area (Å²) < 4.78 is 6.67. The standard InChI is InChI=1S/C17H14N4O4/c1-17(12-5-4-8-25-12)15(23)21(16(24)19-17)10-11-9-14(22)20-7-3-2-6-13(20)18-11/h2-9H,10H2,1H3,(H,19,24)/t17-/m0/s1. The fourth-order valence-corrected chi connectivity index (χ4v) is 2.92. The largest absolute Gasteiger partial charge is 0.466 e. The maximum Gasteiger partial charge on any atom is 0.325 e. The average Bonchev–Trinajstić information content (AvgIpc) is 3.20. The fraction of sp³-hybridized carbons (Fsp3) is 0.176. The van der Waals surface area contributed by atoms with Gasteiger partial charge in [0.15, 0.2) is 5.54 Å². The predicted molar refractivity (Wildman–Crippen MR) is 86.6 cm³/mol. The Morgan fingerprint density at radius 1 is 1.20 bits per heavy atom. The van der Waals surface area contributed by atoms with Crippen molar-refractivity contribution in [3.8, 4) is 0 Å². The van der Waals surface area contributed by atoms with Gasteiger partial charge in [-0.3, -0.25) is 18.9 Å². The second kappa shape index (κ2) is 5.30. The monoisotopic (exact) mass is 338 g/mol. The van der Waals surface area contributed by atoms with Crippen molar-refractivity contribution in [3.63, 3.8) is 0 Å². The highest BCUT2D eigenvalue weighted by Gasteiger charge is 2.51. The van der Waals surface area contributed by atoms with Crippen molar-refractivity contribution in [3.05, 3.63) is 70.7 Å². The van der Waals surface area contributed by atoms with Crippen molar-refractivity contribution in [2.45, 2.75) is 19.0 Å². The summed E-state index contributed by atoms with van der Waals surface area (Å²) in [7, 11) is 0. The first-order chi connectivity index (χ1) is 12.0. The normalized spacial score (nSPS) is 20.3. The summed E-state index contributed by atoms with van der Waals surface area (Å²) >= 11 is 0. The highest BCUT2D eigenvalue weighted by atomic mass is 16.3. The molecule has 0 bridgehead atoms. The van der Waals surface area contributed by atoms with E-state index < -0.39 is 17.5 Å². The van der Waals surface area contributed by atoms with Gasteiger partial charge < -0.3 is 9.73 Å². The Kier molecular flexibility index (Phi) is 3.21. The van der Waals surface area contributed by atoms with Crippen molar-refractivity contribution in [1.82, 2.24) is 19.6 Å². The van der Waals surface area contributed by atoms with Gasteiger partial charge in [-0.15, -0.1) is 0 Å². The molecule has 1 fully saturated rings. The first-order valence-corrected chi connectivity index (χ1v) is 7.64. The molecule has 0 saturated carbocycles. The molecule has 1 atom stereocenters. The van der Waals surface area contributed by atoms with Gasteiger partial charge in [-0.05, 0) is 31.2 Å². The molecule has 126 valence electrons. The maximum absolute atomic E-state index is 12.8. The number of carbonyl (C=O) groups is 2. The number of carbonyl (C=O) groups excluding carboxylic acids is 2. The van der Waals surface area contributed by atoms with Gasteiger partial charge in [-0.1, -0.05) is 6.07 Å². The minimum atomic E-state index is -1.27. The molecule has 0 aliphatic carbocycles. The molecule has 3 amide bonds. The van der Waals surface area contributed by atoms with Crippen LogP contribution in [0.4, 0.5) is 4.79 Å². The number of rotatable bonds is 3. The van der Waals surface area contributed by atoms with Crippen LogP contribution < -0.4 is 10.9 Å². The fourth-order valence-electron chi connectivity index (χ4n) is 2.92. The van der Waals surface area contributed by atoms with E-state index in [1.165, 1.54) is 16.7 Å². The Balaban J connectivity index is 1.68. The van der Waals surface area contributed by atoms with Gasteiger partial charge in [0.2, 0.25) is 0 Å². The number of nitrogens with one attached hydrogen (secondary N) is 1. The van der Waals surface area contributed by atoms with Crippen LogP contribution in [0.5, 0.6) is 0 Å². The molecule has 0 aromatic carbocycles. The van der Waals surface area contributed by atoms with E-state index in [0.29, 0.717) is 17.1 Å². The number of hydrogen-bond acceptors (Lipinski definition) is 5. The lowest BCUT2D eigenvalue weighted by atomic mass is 9.99. The zero-order valence-electron chi connectivity index (χ0n) is 13.3. The second-order valence-electron chi connectivity index (χ2n) is 5.94. The number of nitrogens with zero attached hydrogens (tertiary/aromatic N) is 3. The molecule has 0 radical (unpaired) electrons. The van der Waals surface area contributed by atoms with E-state index in [4.69, 9.17) is 4.42 Å². The van der Waals surface area contributed by atoms with Crippen molar-refractivity contribution in [2.24, 2.45) is 0 Å². The Labute approximate surface area is 141 Å². The van der Waals surface area contributed by atoms with Crippen LogP contribution in [0, 0.1) is 0 Å². The number of pyridine rings is 1. The van der Waals surface area contributed by atoms with Crippen LogP contribution in [0.15, 0.2) is 58.1 Å². The molecule has 3 aromatic rings. The predicted octanol–water partition coefficient (Wildman–Crippen LogP) is 1.25. The average molecular weight is 338 g/mol. The Hall–Kier alpha value is -3.42. The van der Waals surface area contributed by atoms with Crippen molar-refractivity contribution < 1.29 is 14.0 Å². The van der Waals surface area contributed by atoms with Crippen LogP contribution in [-0.2, 0) is 16.9 Å². The second-order valence-corrected chi connectivity index (χ2v) is 5.94. The molecular weight excluding hydrogens is 324 g/mol. The number of furan rings is 1. The molecule has 25 heavy (non-hydrogen) atoms. The van der Waals surface area contributed by atoms with Gasteiger partial charge in [0.1, 0.15) is 11.4 Å². The SMILES string of the molecule is C[C@@]1(c2ccco2)NC(=O)N(Cc2cc(=O)n3ccccc3n2)C1=O. The van der Waals surface area contributed by atoms with Gasteiger partial charge >= 0.3 is 6.03 Å². The number of hydrogen-bond donors (Lipinski definition) is 1. The van der Waals surface area contributed by atoms with E-state index in [0.717, 1.165) is 4.90 Å². The molecule has 3 aromatic heterocycles. The zero-order valence-corrected chi connectivity index (χ0v) is 13.3. The molecule has 8 nitrogen and oxygen atoms in total. The Morgan fingerprint density at radius 2 is 2.04 bits per heavy atom. The van der Waals surface area contributed by atoms with Crippen LogP contribution in [0.1, 0.15) is 18.4 Å². The smallest absolute Gasteiger partial charge is 0.325 e. The summed E-state index contributed by atoms with van der Waals surface area (Å²) in [6.45, 7) is 1.48. The molecule has 0 spiro atoms. The molecule has 4 heterocycles. The minimum absolute atomic E-state index is 0.0956. The lowest BCUT2D eigenvalue weighted by Gasteiger charge is -2.18. The summed E-state index contributed by atoms with van der Waals surface area (Å²) in [4.78, 5) is 42.6. The van der Waals surface area contributed by atoms with Crippen molar-refractivity contribution in [1.29, 1.82) is 0 Å². The van der Waals surface area contributed by atoms with E-state index >= 15 is 0 Å². The van der Waals surface area contributed by atoms with E-state index in [1.807, 2.05) is 0 Å². The number of fused-ring (bicyclic) bond motifs is 1. The third kappa shape index (κ3) is 2.30. The number of imide groups is 1.